The number of aromatic nitrogens is 1. The Morgan fingerprint density at radius 2 is 1.83 bits per heavy atom. The summed E-state index contributed by atoms with van der Waals surface area (Å²) in [7, 11) is 0. The molecule has 0 bridgehead atoms. The summed E-state index contributed by atoms with van der Waals surface area (Å²) in [6.45, 7) is 5.53. The highest BCUT2D eigenvalue weighted by atomic mass is 35.5. The number of hydrogen-bond acceptors (Lipinski definition) is 3. The van der Waals surface area contributed by atoms with Crippen LogP contribution in [0.1, 0.15) is 29.3 Å². The van der Waals surface area contributed by atoms with E-state index in [4.69, 9.17) is 10.7 Å². The van der Waals surface area contributed by atoms with Crippen LogP contribution < -0.4 is 5.73 Å². The summed E-state index contributed by atoms with van der Waals surface area (Å²) in [6, 6.07) is 18.3. The van der Waals surface area contributed by atoms with Crippen LogP contribution >= 0.6 is 24.8 Å². The Kier molecular flexibility index (Phi) is 7.64. The van der Waals surface area contributed by atoms with E-state index in [1.165, 1.54) is 5.56 Å². The van der Waals surface area contributed by atoms with Crippen molar-refractivity contribution in [3.63, 3.8) is 0 Å². The molecular weight excluding hydrogens is 405 g/mol. The smallest absolute Gasteiger partial charge is 0.254 e. The maximum absolute atomic E-state index is 13.4. The second-order valence-corrected chi connectivity index (χ2v) is 7.58. The minimum atomic E-state index is 0. The molecule has 1 saturated heterocycles. The van der Waals surface area contributed by atoms with Gasteiger partial charge in [-0.3, -0.25) is 4.79 Å². The van der Waals surface area contributed by atoms with Gasteiger partial charge in [-0.25, -0.2) is 4.98 Å². The van der Waals surface area contributed by atoms with Crippen molar-refractivity contribution in [3.8, 4) is 11.3 Å². The maximum Gasteiger partial charge on any atom is 0.254 e. The average molecular weight is 432 g/mol. The van der Waals surface area contributed by atoms with E-state index >= 15 is 0 Å². The molecule has 0 radical (unpaired) electrons. The van der Waals surface area contributed by atoms with E-state index in [1.807, 2.05) is 35.2 Å². The first-order valence-electron chi connectivity index (χ1n) is 9.54. The van der Waals surface area contributed by atoms with Gasteiger partial charge in [-0.05, 0) is 44.9 Å². The van der Waals surface area contributed by atoms with Crippen LogP contribution in [0.2, 0.25) is 0 Å². The molecule has 2 N–H and O–H groups in total. The fraction of sp³-hybridized carbons (Fsp3) is 0.304. The number of carbonyl (C=O) groups is 1. The van der Waals surface area contributed by atoms with Gasteiger partial charge in [0.2, 0.25) is 0 Å². The molecule has 1 amide bonds. The Labute approximate surface area is 184 Å². The van der Waals surface area contributed by atoms with Crippen molar-refractivity contribution in [2.24, 2.45) is 11.7 Å². The molecule has 1 aromatic heterocycles. The zero-order valence-electron chi connectivity index (χ0n) is 16.7. The Morgan fingerprint density at radius 3 is 2.48 bits per heavy atom. The number of halogens is 2. The maximum atomic E-state index is 13.4. The Bertz CT molecular complexity index is 991. The molecule has 2 heterocycles. The highest BCUT2D eigenvalue weighted by molar-refractivity contribution is 6.07. The molecule has 154 valence electrons. The average Bonchev–Trinajstić information content (AvgIpc) is 3.08. The van der Waals surface area contributed by atoms with Gasteiger partial charge in [0.05, 0.1) is 16.8 Å². The summed E-state index contributed by atoms with van der Waals surface area (Å²) >= 11 is 0. The van der Waals surface area contributed by atoms with E-state index in [1.54, 1.807) is 0 Å². The van der Waals surface area contributed by atoms with Crippen molar-refractivity contribution in [2.75, 3.05) is 13.1 Å². The molecule has 0 aliphatic carbocycles. The summed E-state index contributed by atoms with van der Waals surface area (Å²) in [5.41, 5.74) is 10.5. The van der Waals surface area contributed by atoms with Crippen molar-refractivity contribution in [1.29, 1.82) is 0 Å². The van der Waals surface area contributed by atoms with Crippen molar-refractivity contribution in [2.45, 2.75) is 26.3 Å². The summed E-state index contributed by atoms with van der Waals surface area (Å²) in [4.78, 5) is 20.2. The van der Waals surface area contributed by atoms with Gasteiger partial charge in [0.15, 0.2) is 0 Å². The van der Waals surface area contributed by atoms with E-state index in [0.717, 1.165) is 40.7 Å². The predicted molar refractivity (Wildman–Crippen MR) is 124 cm³/mol. The third kappa shape index (κ3) is 4.55. The lowest BCUT2D eigenvalue weighted by atomic mass is 10.0. The highest BCUT2D eigenvalue weighted by Gasteiger charge is 2.33. The summed E-state index contributed by atoms with van der Waals surface area (Å²) in [5.74, 6) is 0.457. The zero-order valence-corrected chi connectivity index (χ0v) is 18.3. The third-order valence-corrected chi connectivity index (χ3v) is 5.55. The number of nitrogens with two attached hydrogens (primary N) is 1. The summed E-state index contributed by atoms with van der Waals surface area (Å²) < 4.78 is 0. The normalized spacial score (nSPS) is 18.2. The van der Waals surface area contributed by atoms with Gasteiger partial charge in [-0.1, -0.05) is 48.0 Å². The number of aryl methyl sites for hydroxylation is 1. The zero-order chi connectivity index (χ0) is 19.0. The lowest BCUT2D eigenvalue weighted by molar-refractivity contribution is 0.0745. The van der Waals surface area contributed by atoms with E-state index in [9.17, 15) is 4.79 Å². The van der Waals surface area contributed by atoms with Crippen molar-refractivity contribution in [1.82, 2.24) is 9.88 Å². The van der Waals surface area contributed by atoms with Crippen molar-refractivity contribution >= 4 is 41.6 Å². The van der Waals surface area contributed by atoms with Gasteiger partial charge in [0.1, 0.15) is 0 Å². The quantitative estimate of drug-likeness (QED) is 0.643. The number of para-hydroxylation sites is 1. The van der Waals surface area contributed by atoms with Crippen molar-refractivity contribution < 1.29 is 4.79 Å². The standard InChI is InChI=1S/C23H25N3O.2ClH/c1-15-7-9-18(10-8-15)22-12-20(19-5-3-4-6-21(19)25-22)23(27)26-14-17(13-24)11-16(26)2;;/h3-10,12,16-17H,11,13-14,24H2,1-2H3;2*1H. The minimum absolute atomic E-state index is 0. The fourth-order valence-corrected chi connectivity index (χ4v) is 3.98. The molecule has 4 nitrogen and oxygen atoms in total. The number of hydrogen-bond donors (Lipinski definition) is 1. The lowest BCUT2D eigenvalue weighted by Crippen LogP contribution is -2.34. The van der Waals surface area contributed by atoms with Crippen LogP contribution in [0.3, 0.4) is 0 Å². The van der Waals surface area contributed by atoms with E-state index < -0.39 is 0 Å². The van der Waals surface area contributed by atoms with E-state index in [2.05, 4.69) is 38.1 Å². The topological polar surface area (TPSA) is 59.2 Å². The number of amides is 1. The monoisotopic (exact) mass is 431 g/mol. The second-order valence-electron chi connectivity index (χ2n) is 7.58. The Hall–Kier alpha value is -2.14. The molecule has 3 aromatic rings. The number of nitrogens with zero attached hydrogens (tertiary/aromatic N) is 2. The summed E-state index contributed by atoms with van der Waals surface area (Å²) in [5, 5.41) is 0.904. The Morgan fingerprint density at radius 1 is 1.14 bits per heavy atom. The molecule has 4 rings (SSSR count). The van der Waals surface area contributed by atoms with Gasteiger partial charge in [0, 0.05) is 23.5 Å². The molecule has 2 aromatic carbocycles. The SMILES string of the molecule is Cc1ccc(-c2cc(C(=O)N3CC(CN)CC3C)c3ccccc3n2)cc1.Cl.Cl. The lowest BCUT2D eigenvalue weighted by Gasteiger charge is -2.22. The first-order valence-corrected chi connectivity index (χ1v) is 9.54. The molecule has 1 aliphatic rings. The van der Waals surface area contributed by atoms with E-state index in [-0.39, 0.29) is 36.8 Å². The first-order chi connectivity index (χ1) is 13.1. The highest BCUT2D eigenvalue weighted by Crippen LogP contribution is 2.29. The number of benzene rings is 2. The van der Waals surface area contributed by atoms with Gasteiger partial charge < -0.3 is 10.6 Å². The van der Waals surface area contributed by atoms with Gasteiger partial charge in [-0.15, -0.1) is 24.8 Å². The predicted octanol–water partition coefficient (Wildman–Crippen LogP) is 4.86. The molecule has 6 heteroatoms. The van der Waals surface area contributed by atoms with Crippen LogP contribution in [0.5, 0.6) is 0 Å². The van der Waals surface area contributed by atoms with Crippen LogP contribution in [-0.4, -0.2) is 34.9 Å². The minimum Gasteiger partial charge on any atom is -0.336 e. The molecular formula is C23H27Cl2N3O. The molecule has 2 unspecified atom stereocenters. The number of pyridine rings is 1. The van der Waals surface area contributed by atoms with E-state index in [0.29, 0.717) is 12.5 Å². The molecule has 1 fully saturated rings. The van der Waals surface area contributed by atoms with Crippen LogP contribution in [0.15, 0.2) is 54.6 Å². The number of likely N-dealkylation sites (tertiary alicyclic amines) is 1. The van der Waals surface area contributed by atoms with Crippen molar-refractivity contribution in [3.05, 3.63) is 65.7 Å². The molecule has 0 spiro atoms. The molecule has 29 heavy (non-hydrogen) atoms. The number of carbonyl (C=O) groups excluding carboxylic acids is 1. The van der Waals surface area contributed by atoms with Crippen LogP contribution in [-0.2, 0) is 0 Å². The van der Waals surface area contributed by atoms with Gasteiger partial charge in [-0.2, -0.15) is 0 Å². The third-order valence-electron chi connectivity index (χ3n) is 5.55. The van der Waals surface area contributed by atoms with Crippen LogP contribution in [0.25, 0.3) is 22.2 Å². The Balaban J connectivity index is 0.00000150. The number of rotatable bonds is 3. The first kappa shape index (κ1) is 23.1. The molecule has 2 atom stereocenters. The van der Waals surface area contributed by atoms with Gasteiger partial charge >= 0.3 is 0 Å². The molecule has 1 aliphatic heterocycles. The number of fused-ring (bicyclic) bond motifs is 1. The van der Waals surface area contributed by atoms with Crippen LogP contribution in [0.4, 0.5) is 0 Å². The summed E-state index contributed by atoms with van der Waals surface area (Å²) in [6.07, 6.45) is 0.968. The second kappa shape index (κ2) is 9.57. The van der Waals surface area contributed by atoms with Gasteiger partial charge in [0.25, 0.3) is 5.91 Å². The van der Waals surface area contributed by atoms with Crippen LogP contribution in [0, 0.1) is 12.8 Å². The fourth-order valence-electron chi connectivity index (χ4n) is 3.98. The molecule has 0 saturated carbocycles. The largest absolute Gasteiger partial charge is 0.336 e.